The Bertz CT molecular complexity index is 192. The Morgan fingerprint density at radius 1 is 0.833 bits per heavy atom. The van der Waals surface area contributed by atoms with Crippen LogP contribution >= 0.6 is 0 Å². The number of hydrazine groups is 1. The van der Waals surface area contributed by atoms with E-state index in [4.69, 9.17) is 5.73 Å². The lowest BCUT2D eigenvalue weighted by Gasteiger charge is -2.37. The van der Waals surface area contributed by atoms with Gasteiger partial charge in [0.1, 0.15) is 0 Å². The first-order valence-electron chi connectivity index (χ1n) is 7.84. The normalized spacial score (nSPS) is 23.3. The summed E-state index contributed by atoms with van der Waals surface area (Å²) in [7, 11) is 4.15. The van der Waals surface area contributed by atoms with Crippen molar-refractivity contribution in [1.82, 2.24) is 10.4 Å². The molecule has 0 heterocycles. The Labute approximate surface area is 113 Å². The number of nitrogens with zero attached hydrogens (tertiary/aromatic N) is 1. The topological polar surface area (TPSA) is 41.3 Å². The minimum absolute atomic E-state index is 0.142. The quantitative estimate of drug-likeness (QED) is 0.762. The second-order valence-electron chi connectivity index (χ2n) is 6.17. The first-order chi connectivity index (χ1) is 8.68. The first-order valence-corrected chi connectivity index (χ1v) is 7.84. The van der Waals surface area contributed by atoms with Crippen LogP contribution in [-0.4, -0.2) is 31.2 Å². The van der Waals surface area contributed by atoms with E-state index in [0.717, 1.165) is 6.54 Å². The molecule has 0 aromatic carbocycles. The smallest absolute Gasteiger partial charge is 0.0447 e. The summed E-state index contributed by atoms with van der Waals surface area (Å²) in [6.45, 7) is 0.755. The number of nitrogens with one attached hydrogen (secondary N) is 1. The summed E-state index contributed by atoms with van der Waals surface area (Å²) in [5, 5.41) is 2.08. The third kappa shape index (κ3) is 6.17. The molecule has 0 amide bonds. The third-order valence-corrected chi connectivity index (χ3v) is 4.16. The van der Waals surface area contributed by atoms with Gasteiger partial charge in [-0.3, -0.25) is 5.01 Å². The summed E-state index contributed by atoms with van der Waals surface area (Å²) in [6.07, 6.45) is 14.9. The van der Waals surface area contributed by atoms with Gasteiger partial charge in [0.05, 0.1) is 0 Å². The molecule has 18 heavy (non-hydrogen) atoms. The van der Waals surface area contributed by atoms with Crippen LogP contribution in [-0.2, 0) is 0 Å². The van der Waals surface area contributed by atoms with Crippen molar-refractivity contribution in [3.05, 3.63) is 0 Å². The highest BCUT2D eigenvalue weighted by molar-refractivity contribution is 4.87. The fourth-order valence-corrected chi connectivity index (χ4v) is 3.13. The molecule has 1 aliphatic carbocycles. The van der Waals surface area contributed by atoms with Gasteiger partial charge >= 0.3 is 0 Å². The predicted molar refractivity (Wildman–Crippen MR) is 79.4 cm³/mol. The lowest BCUT2D eigenvalue weighted by molar-refractivity contribution is 0.137. The molecule has 0 aromatic heterocycles. The second kappa shape index (κ2) is 8.89. The number of rotatable bonds is 3. The molecule has 3 heteroatoms. The van der Waals surface area contributed by atoms with Gasteiger partial charge in [-0.25, -0.2) is 5.43 Å². The Morgan fingerprint density at radius 3 is 1.56 bits per heavy atom. The Kier molecular flexibility index (Phi) is 7.87. The zero-order valence-electron chi connectivity index (χ0n) is 12.5. The van der Waals surface area contributed by atoms with E-state index in [9.17, 15) is 0 Å². The average molecular weight is 255 g/mol. The molecule has 0 saturated heterocycles. The summed E-state index contributed by atoms with van der Waals surface area (Å²) < 4.78 is 0. The van der Waals surface area contributed by atoms with Gasteiger partial charge in [0.2, 0.25) is 0 Å². The van der Waals surface area contributed by atoms with Crippen molar-refractivity contribution in [2.24, 2.45) is 5.73 Å². The van der Waals surface area contributed by atoms with E-state index in [1.54, 1.807) is 0 Å². The van der Waals surface area contributed by atoms with Crippen LogP contribution in [0.4, 0.5) is 0 Å². The molecule has 0 radical (unpaired) electrons. The summed E-state index contributed by atoms with van der Waals surface area (Å²) in [5.74, 6) is 0. The monoisotopic (exact) mass is 255 g/mol. The highest BCUT2D eigenvalue weighted by atomic mass is 15.5. The maximum Gasteiger partial charge on any atom is 0.0447 e. The molecule has 3 nitrogen and oxygen atoms in total. The van der Waals surface area contributed by atoms with Crippen molar-refractivity contribution in [2.45, 2.75) is 76.2 Å². The fraction of sp³-hybridized carbons (Fsp3) is 1.00. The van der Waals surface area contributed by atoms with Crippen LogP contribution < -0.4 is 11.2 Å². The van der Waals surface area contributed by atoms with Crippen molar-refractivity contribution in [3.63, 3.8) is 0 Å². The molecule has 3 N–H and O–H groups in total. The average Bonchev–Trinajstić information content (AvgIpc) is 2.32. The molecule has 1 aliphatic rings. The van der Waals surface area contributed by atoms with Crippen LogP contribution in [0.25, 0.3) is 0 Å². The van der Waals surface area contributed by atoms with Gasteiger partial charge in [0, 0.05) is 26.2 Å². The molecular weight excluding hydrogens is 222 g/mol. The van der Waals surface area contributed by atoms with E-state index in [1.807, 2.05) is 0 Å². The Balaban J connectivity index is 2.52. The fourth-order valence-electron chi connectivity index (χ4n) is 3.13. The van der Waals surface area contributed by atoms with E-state index >= 15 is 0 Å². The van der Waals surface area contributed by atoms with Crippen molar-refractivity contribution in [1.29, 1.82) is 0 Å². The van der Waals surface area contributed by atoms with Crippen LogP contribution in [0.3, 0.4) is 0 Å². The van der Waals surface area contributed by atoms with Crippen LogP contribution in [0.2, 0.25) is 0 Å². The molecule has 108 valence electrons. The predicted octanol–water partition coefficient (Wildman–Crippen LogP) is 3.05. The van der Waals surface area contributed by atoms with Crippen LogP contribution in [0, 0.1) is 0 Å². The maximum absolute atomic E-state index is 6.08. The van der Waals surface area contributed by atoms with E-state index in [1.165, 1.54) is 70.6 Å². The zero-order valence-corrected chi connectivity index (χ0v) is 12.5. The molecule has 0 spiro atoms. The maximum atomic E-state index is 6.08. The molecule has 0 aromatic rings. The number of hydrogen-bond acceptors (Lipinski definition) is 3. The van der Waals surface area contributed by atoms with E-state index in [-0.39, 0.29) is 5.54 Å². The SMILES string of the molecule is CN(C)NC1(CN)CCCCCCCCCCC1. The summed E-state index contributed by atoms with van der Waals surface area (Å²) in [5.41, 5.74) is 9.82. The van der Waals surface area contributed by atoms with Gasteiger partial charge < -0.3 is 5.73 Å². The summed E-state index contributed by atoms with van der Waals surface area (Å²) in [4.78, 5) is 0. The molecule has 1 saturated carbocycles. The summed E-state index contributed by atoms with van der Waals surface area (Å²) >= 11 is 0. The first kappa shape index (κ1) is 15.9. The van der Waals surface area contributed by atoms with Gasteiger partial charge in [-0.15, -0.1) is 0 Å². The largest absolute Gasteiger partial charge is 0.329 e. The molecule has 0 bridgehead atoms. The van der Waals surface area contributed by atoms with E-state index < -0.39 is 0 Å². The second-order valence-corrected chi connectivity index (χ2v) is 6.17. The standard InChI is InChI=1S/C15H33N3/c1-18(2)17-15(14-16)12-10-8-6-4-3-5-7-9-11-13-15/h17H,3-14,16H2,1-2H3. The number of nitrogens with two attached hydrogens (primary N) is 1. The Hall–Kier alpha value is -0.120. The van der Waals surface area contributed by atoms with Crippen molar-refractivity contribution in [2.75, 3.05) is 20.6 Å². The lowest BCUT2D eigenvalue weighted by atomic mass is 9.86. The highest BCUT2D eigenvalue weighted by Crippen LogP contribution is 2.24. The van der Waals surface area contributed by atoms with Crippen molar-refractivity contribution < 1.29 is 0 Å². The van der Waals surface area contributed by atoms with E-state index in [0.29, 0.717) is 0 Å². The van der Waals surface area contributed by atoms with E-state index in [2.05, 4.69) is 24.5 Å². The zero-order chi connectivity index (χ0) is 13.3. The molecule has 0 unspecified atom stereocenters. The molecule has 1 rings (SSSR count). The Morgan fingerprint density at radius 2 is 1.22 bits per heavy atom. The number of hydrogen-bond donors (Lipinski definition) is 2. The van der Waals surface area contributed by atoms with Gasteiger partial charge in [-0.1, -0.05) is 57.8 Å². The lowest BCUT2D eigenvalue weighted by Crippen LogP contribution is -2.56. The minimum atomic E-state index is 0.142. The van der Waals surface area contributed by atoms with Gasteiger partial charge in [0.25, 0.3) is 0 Å². The van der Waals surface area contributed by atoms with Crippen LogP contribution in [0.15, 0.2) is 0 Å². The molecule has 1 fully saturated rings. The van der Waals surface area contributed by atoms with Crippen LogP contribution in [0.1, 0.15) is 70.6 Å². The summed E-state index contributed by atoms with van der Waals surface area (Å²) in [6, 6.07) is 0. The van der Waals surface area contributed by atoms with Gasteiger partial charge in [-0.2, -0.15) is 0 Å². The molecule has 0 aliphatic heterocycles. The highest BCUT2D eigenvalue weighted by Gasteiger charge is 2.27. The third-order valence-electron chi connectivity index (χ3n) is 4.16. The molecule has 0 atom stereocenters. The van der Waals surface area contributed by atoms with Gasteiger partial charge in [-0.05, 0) is 12.8 Å². The van der Waals surface area contributed by atoms with Crippen molar-refractivity contribution >= 4 is 0 Å². The minimum Gasteiger partial charge on any atom is -0.329 e. The van der Waals surface area contributed by atoms with Gasteiger partial charge in [0.15, 0.2) is 0 Å². The molecular formula is C15H33N3. The van der Waals surface area contributed by atoms with Crippen molar-refractivity contribution in [3.8, 4) is 0 Å². The van der Waals surface area contributed by atoms with Crippen LogP contribution in [0.5, 0.6) is 0 Å².